The lowest BCUT2D eigenvalue weighted by Gasteiger charge is -2.13. The number of carbonyl (C=O) groups excluding carboxylic acids is 2. The minimum Gasteiger partial charge on any atom is -0.497 e. The maximum absolute atomic E-state index is 13.6. The maximum atomic E-state index is 13.6. The first-order chi connectivity index (χ1) is 17.6. The van der Waals surface area contributed by atoms with Gasteiger partial charge < -0.3 is 15.8 Å². The van der Waals surface area contributed by atoms with Crippen LogP contribution in [0.4, 0.5) is 5.69 Å². The molecule has 0 spiro atoms. The van der Waals surface area contributed by atoms with Crippen LogP contribution >= 0.6 is 0 Å². The molecule has 37 heavy (non-hydrogen) atoms. The van der Waals surface area contributed by atoms with Gasteiger partial charge in [0.2, 0.25) is 5.91 Å². The monoisotopic (exact) mass is 519 g/mol. The number of amides is 2. The number of anilines is 1. The molecule has 1 aliphatic rings. The number of rotatable bonds is 6. The zero-order chi connectivity index (χ0) is 26.3. The van der Waals surface area contributed by atoms with Gasteiger partial charge in [0.15, 0.2) is 15.5 Å². The number of sulfone groups is 1. The van der Waals surface area contributed by atoms with Crippen LogP contribution in [0.5, 0.6) is 5.75 Å². The molecule has 0 radical (unpaired) electrons. The summed E-state index contributed by atoms with van der Waals surface area (Å²) in [5.74, 6) is -0.269. The number of benzene rings is 2. The van der Waals surface area contributed by atoms with Crippen LogP contribution in [0.2, 0.25) is 0 Å². The van der Waals surface area contributed by atoms with E-state index >= 15 is 0 Å². The van der Waals surface area contributed by atoms with Crippen molar-refractivity contribution in [1.82, 2.24) is 14.8 Å². The summed E-state index contributed by atoms with van der Waals surface area (Å²) in [5, 5.41) is 8.02. The van der Waals surface area contributed by atoms with Gasteiger partial charge in [0, 0.05) is 16.8 Å². The van der Waals surface area contributed by atoms with Crippen molar-refractivity contribution in [2.75, 3.05) is 23.9 Å². The molecule has 3 N–H and O–H groups in total. The van der Waals surface area contributed by atoms with E-state index in [2.05, 4.69) is 10.4 Å². The molecule has 4 aromatic rings. The summed E-state index contributed by atoms with van der Waals surface area (Å²) in [6.45, 7) is 1.77. The number of nitrogens with zero attached hydrogens (tertiary/aromatic N) is 3. The van der Waals surface area contributed by atoms with Gasteiger partial charge in [-0.1, -0.05) is 12.1 Å². The lowest BCUT2D eigenvalue weighted by atomic mass is 10.0. The SMILES string of the molecule is COc1cccc(-c2cc(C(=O)Nc3ccc(C(N)=O)cc3)c3c(C)nn(C4CCS(=O)(=O)C4)c3n2)c1. The fourth-order valence-corrected chi connectivity index (χ4v) is 6.25. The highest BCUT2D eigenvalue weighted by molar-refractivity contribution is 7.91. The normalized spacial score (nSPS) is 16.5. The molecule has 0 bridgehead atoms. The molecule has 0 saturated carbocycles. The number of methoxy groups -OCH3 is 1. The summed E-state index contributed by atoms with van der Waals surface area (Å²) in [7, 11) is -1.60. The summed E-state index contributed by atoms with van der Waals surface area (Å²) in [6.07, 6.45) is 0.428. The molecule has 1 fully saturated rings. The van der Waals surface area contributed by atoms with E-state index < -0.39 is 21.7 Å². The Labute approximate surface area is 213 Å². The van der Waals surface area contributed by atoms with Gasteiger partial charge in [0.05, 0.1) is 47.0 Å². The molecule has 2 aromatic carbocycles. The molecule has 10 nitrogen and oxygen atoms in total. The number of nitrogens with two attached hydrogens (primary N) is 1. The summed E-state index contributed by atoms with van der Waals surface area (Å²) in [4.78, 5) is 29.8. The predicted molar refractivity (Wildman–Crippen MR) is 139 cm³/mol. The van der Waals surface area contributed by atoms with Crippen LogP contribution in [0.15, 0.2) is 54.6 Å². The first-order valence-electron chi connectivity index (χ1n) is 11.6. The number of nitrogens with one attached hydrogen (secondary N) is 1. The van der Waals surface area contributed by atoms with E-state index in [4.69, 9.17) is 15.5 Å². The Morgan fingerprint density at radius 1 is 1.14 bits per heavy atom. The summed E-state index contributed by atoms with van der Waals surface area (Å²) in [6, 6.07) is 14.9. The second-order valence-corrected chi connectivity index (χ2v) is 11.2. The molecule has 1 atom stereocenters. The summed E-state index contributed by atoms with van der Waals surface area (Å²) in [5.41, 5.74) is 8.71. The Kier molecular flexibility index (Phi) is 6.16. The second-order valence-electron chi connectivity index (χ2n) is 8.97. The molecular weight excluding hydrogens is 494 g/mol. The van der Waals surface area contributed by atoms with Gasteiger partial charge in [0.1, 0.15) is 5.75 Å². The molecule has 1 aliphatic heterocycles. The van der Waals surface area contributed by atoms with Crippen LogP contribution in [0, 0.1) is 6.92 Å². The highest BCUT2D eigenvalue weighted by Gasteiger charge is 2.32. The van der Waals surface area contributed by atoms with Crippen LogP contribution in [0.25, 0.3) is 22.3 Å². The maximum Gasteiger partial charge on any atom is 0.256 e. The topological polar surface area (TPSA) is 146 Å². The number of aromatic nitrogens is 3. The Bertz CT molecular complexity index is 1640. The summed E-state index contributed by atoms with van der Waals surface area (Å²) < 4.78 is 31.4. The van der Waals surface area contributed by atoms with E-state index in [0.717, 1.165) is 5.56 Å². The zero-order valence-electron chi connectivity index (χ0n) is 20.3. The molecule has 11 heteroatoms. The third-order valence-electron chi connectivity index (χ3n) is 6.43. The van der Waals surface area contributed by atoms with Gasteiger partial charge in [-0.15, -0.1) is 0 Å². The summed E-state index contributed by atoms with van der Waals surface area (Å²) >= 11 is 0. The molecule has 190 valence electrons. The van der Waals surface area contributed by atoms with Crippen LogP contribution in [-0.2, 0) is 9.84 Å². The Morgan fingerprint density at radius 2 is 1.89 bits per heavy atom. The number of carbonyl (C=O) groups is 2. The van der Waals surface area contributed by atoms with Crippen LogP contribution in [0.3, 0.4) is 0 Å². The number of primary amides is 1. The second kappa shape index (κ2) is 9.32. The lowest BCUT2D eigenvalue weighted by molar-refractivity contribution is 0.0998. The number of ether oxygens (including phenoxy) is 1. The first kappa shape index (κ1) is 24.4. The third-order valence-corrected chi connectivity index (χ3v) is 8.18. The molecular formula is C26H25N5O5S. The molecule has 1 unspecified atom stereocenters. The Balaban J connectivity index is 1.64. The number of aryl methyl sites for hydroxylation is 1. The van der Waals surface area contributed by atoms with Crippen molar-refractivity contribution < 1.29 is 22.7 Å². The van der Waals surface area contributed by atoms with E-state index in [1.165, 1.54) is 12.1 Å². The molecule has 0 aliphatic carbocycles. The highest BCUT2D eigenvalue weighted by Crippen LogP contribution is 2.33. The van der Waals surface area contributed by atoms with Gasteiger partial charge in [-0.2, -0.15) is 5.10 Å². The van der Waals surface area contributed by atoms with E-state index in [0.29, 0.717) is 51.4 Å². The van der Waals surface area contributed by atoms with E-state index in [1.807, 2.05) is 24.3 Å². The first-order valence-corrected chi connectivity index (χ1v) is 13.4. The van der Waals surface area contributed by atoms with Gasteiger partial charge in [-0.05, 0) is 55.8 Å². The zero-order valence-corrected chi connectivity index (χ0v) is 21.1. The smallest absolute Gasteiger partial charge is 0.256 e. The highest BCUT2D eigenvalue weighted by atomic mass is 32.2. The molecule has 2 aromatic heterocycles. The minimum atomic E-state index is -3.17. The van der Waals surface area contributed by atoms with Gasteiger partial charge >= 0.3 is 0 Å². The minimum absolute atomic E-state index is 0.0258. The van der Waals surface area contributed by atoms with Crippen molar-refractivity contribution in [2.45, 2.75) is 19.4 Å². The van der Waals surface area contributed by atoms with Crippen molar-refractivity contribution in [1.29, 1.82) is 0 Å². The average Bonchev–Trinajstić information content (AvgIpc) is 3.42. The molecule has 5 rings (SSSR count). The number of hydrogen-bond acceptors (Lipinski definition) is 7. The van der Waals surface area contributed by atoms with Crippen LogP contribution in [0.1, 0.15) is 38.9 Å². The average molecular weight is 520 g/mol. The van der Waals surface area contributed by atoms with Crippen LogP contribution in [-0.4, -0.2) is 53.6 Å². The number of fused-ring (bicyclic) bond motifs is 1. The van der Waals surface area contributed by atoms with Crippen molar-refractivity contribution >= 4 is 38.4 Å². The van der Waals surface area contributed by atoms with Gasteiger partial charge in [0.25, 0.3) is 5.91 Å². The van der Waals surface area contributed by atoms with Crippen molar-refractivity contribution in [3.05, 3.63) is 71.4 Å². The largest absolute Gasteiger partial charge is 0.497 e. The van der Waals surface area contributed by atoms with Crippen LogP contribution < -0.4 is 15.8 Å². The quantitative estimate of drug-likeness (QED) is 0.398. The van der Waals surface area contributed by atoms with E-state index in [-0.39, 0.29) is 17.5 Å². The fourth-order valence-electron chi connectivity index (χ4n) is 4.56. The lowest BCUT2D eigenvalue weighted by Crippen LogP contribution is -2.15. The van der Waals surface area contributed by atoms with Gasteiger partial charge in [-0.3, -0.25) is 9.59 Å². The molecule has 3 heterocycles. The Morgan fingerprint density at radius 3 is 2.54 bits per heavy atom. The standard InChI is InChI=1S/C26H25N5O5S/c1-15-23-21(26(33)28-18-8-6-16(7-9-18)24(27)32)13-22(17-4-3-5-20(12-17)36-2)29-25(23)31(30-15)19-10-11-37(34,35)14-19/h3-9,12-13,19H,10-11,14H2,1-2H3,(H2,27,32)(H,28,33). The molecule has 1 saturated heterocycles. The predicted octanol–water partition coefficient (Wildman–Crippen LogP) is 3.13. The van der Waals surface area contributed by atoms with Crippen molar-refractivity contribution in [3.8, 4) is 17.0 Å². The number of hydrogen-bond donors (Lipinski definition) is 2. The van der Waals surface area contributed by atoms with E-state index in [9.17, 15) is 18.0 Å². The van der Waals surface area contributed by atoms with Crippen molar-refractivity contribution in [2.24, 2.45) is 5.73 Å². The van der Waals surface area contributed by atoms with Gasteiger partial charge in [-0.25, -0.2) is 18.1 Å². The van der Waals surface area contributed by atoms with Crippen molar-refractivity contribution in [3.63, 3.8) is 0 Å². The fraction of sp³-hybridized carbons (Fsp3) is 0.231. The number of pyridine rings is 1. The Hall–Kier alpha value is -4.25. The van der Waals surface area contributed by atoms with E-state index in [1.54, 1.807) is 36.9 Å². The third kappa shape index (κ3) is 4.77. The molecule has 2 amide bonds.